The summed E-state index contributed by atoms with van der Waals surface area (Å²) in [5, 5.41) is 38.0. The smallest absolute Gasteiger partial charge is 0.318 e. The van der Waals surface area contributed by atoms with Crippen LogP contribution in [0.3, 0.4) is 0 Å². The fourth-order valence-corrected chi connectivity index (χ4v) is 2.80. The Morgan fingerprint density at radius 1 is 1.04 bits per heavy atom. The van der Waals surface area contributed by atoms with E-state index < -0.39 is 17.5 Å². The van der Waals surface area contributed by atoms with Gasteiger partial charge in [-0.2, -0.15) is 5.43 Å². The molecule has 0 spiro atoms. The van der Waals surface area contributed by atoms with Crippen molar-refractivity contribution in [1.29, 1.82) is 0 Å². The van der Waals surface area contributed by atoms with Gasteiger partial charge in [0.05, 0.1) is 19.8 Å². The fourth-order valence-electron chi connectivity index (χ4n) is 2.80. The maximum atomic E-state index is 13.4. The number of amides is 1. The maximum absolute atomic E-state index is 13.4. The second kappa shape index (κ2) is 9.38. The van der Waals surface area contributed by atoms with E-state index >= 15 is 0 Å². The van der Waals surface area contributed by atoms with Gasteiger partial charge < -0.3 is 20.4 Å². The number of aromatic nitrogens is 1. The van der Waals surface area contributed by atoms with Crippen molar-refractivity contribution < 1.29 is 34.2 Å². The van der Waals surface area contributed by atoms with Crippen molar-refractivity contribution in [3.05, 3.63) is 48.0 Å². The topological polar surface area (TPSA) is 123 Å². The predicted octanol–water partition coefficient (Wildman–Crippen LogP) is 0.0318. The quantitative estimate of drug-likeness (QED) is 0.309. The average Bonchev–Trinajstić information content (AvgIpc) is 2.62. The van der Waals surface area contributed by atoms with Crippen LogP contribution in [-0.4, -0.2) is 75.4 Å². The summed E-state index contributed by atoms with van der Waals surface area (Å²) in [6.07, 6.45) is 1.34. The lowest BCUT2D eigenvalue weighted by molar-refractivity contribution is -0.961. The van der Waals surface area contributed by atoms with Gasteiger partial charge in [-0.05, 0) is 23.8 Å². The van der Waals surface area contributed by atoms with Crippen LogP contribution in [-0.2, 0) is 0 Å². The van der Waals surface area contributed by atoms with Crippen LogP contribution in [0.2, 0.25) is 0 Å². The molecule has 146 valence electrons. The summed E-state index contributed by atoms with van der Waals surface area (Å²) in [5.41, 5.74) is 3.27. The zero-order chi connectivity index (χ0) is 19.9. The molecule has 0 unspecified atom stereocenters. The van der Waals surface area contributed by atoms with Gasteiger partial charge in [0.2, 0.25) is 0 Å². The molecule has 0 atom stereocenters. The first-order valence-corrected chi connectivity index (χ1v) is 8.41. The van der Waals surface area contributed by atoms with Crippen LogP contribution in [0.4, 0.5) is 4.39 Å². The van der Waals surface area contributed by atoms with Gasteiger partial charge in [0, 0.05) is 11.8 Å². The van der Waals surface area contributed by atoms with Gasteiger partial charge in [-0.3, -0.25) is 4.79 Å². The third-order valence-corrected chi connectivity index (χ3v) is 4.16. The van der Waals surface area contributed by atoms with Crippen molar-refractivity contribution in [2.75, 3.05) is 39.5 Å². The van der Waals surface area contributed by atoms with E-state index in [-0.39, 0.29) is 49.7 Å². The van der Waals surface area contributed by atoms with E-state index in [1.807, 2.05) is 0 Å². The summed E-state index contributed by atoms with van der Waals surface area (Å²) in [7, 11) is 0. The number of pyridine rings is 1. The van der Waals surface area contributed by atoms with Crippen molar-refractivity contribution in [2.45, 2.75) is 0 Å². The zero-order valence-corrected chi connectivity index (χ0v) is 14.7. The zero-order valence-electron chi connectivity index (χ0n) is 14.7. The molecule has 27 heavy (non-hydrogen) atoms. The summed E-state index contributed by atoms with van der Waals surface area (Å²) in [4.78, 5) is 16.5. The summed E-state index contributed by atoms with van der Waals surface area (Å²) in [6, 6.07) is 7.04. The van der Waals surface area contributed by atoms with Crippen molar-refractivity contribution >= 4 is 5.91 Å². The minimum Gasteiger partial charge on any atom is -0.505 e. The second-order valence-corrected chi connectivity index (χ2v) is 6.03. The highest BCUT2D eigenvalue weighted by molar-refractivity contribution is 5.94. The number of benzene rings is 1. The second-order valence-electron chi connectivity index (χ2n) is 6.03. The van der Waals surface area contributed by atoms with Gasteiger partial charge in [-0.15, -0.1) is 0 Å². The van der Waals surface area contributed by atoms with Crippen molar-refractivity contribution in [3.8, 4) is 16.9 Å². The van der Waals surface area contributed by atoms with Crippen LogP contribution in [0.5, 0.6) is 5.75 Å². The maximum Gasteiger partial charge on any atom is 0.318 e. The first-order valence-electron chi connectivity index (χ1n) is 8.41. The Labute approximate surface area is 155 Å². The Bertz CT molecular complexity index is 770. The molecule has 0 aliphatic heterocycles. The van der Waals surface area contributed by atoms with E-state index in [9.17, 15) is 29.6 Å². The SMILES string of the molecule is O=C(N[N+](CCO)(CCO)CCO)c1ncc(-c2cccc(F)c2)cc1O. The van der Waals surface area contributed by atoms with Gasteiger partial charge in [-0.1, -0.05) is 12.1 Å². The standard InChI is InChI=1S/C18H22FN3O5/c19-15-3-1-2-13(10-15)14-11-16(26)17(20-12-14)18(27)21-22(4-7-23,5-8-24)6-9-25/h1-3,10-12,23-25H,4-9H2,(H-,21,26,27)/p+1. The van der Waals surface area contributed by atoms with Gasteiger partial charge in [0.1, 0.15) is 31.2 Å². The van der Waals surface area contributed by atoms with Crippen LogP contribution >= 0.6 is 0 Å². The molecule has 2 rings (SSSR count). The van der Waals surface area contributed by atoms with Crippen molar-refractivity contribution in [3.63, 3.8) is 0 Å². The lowest BCUT2D eigenvalue weighted by Crippen LogP contribution is -2.63. The minimum absolute atomic E-state index is 0.0645. The van der Waals surface area contributed by atoms with Crippen LogP contribution in [0.1, 0.15) is 10.5 Å². The number of rotatable bonds is 9. The Kier molecular flexibility index (Phi) is 7.19. The molecule has 1 heterocycles. The number of hydrogen-bond donors (Lipinski definition) is 5. The molecule has 1 aromatic heterocycles. The number of hydrogen-bond acceptors (Lipinski definition) is 6. The predicted molar refractivity (Wildman–Crippen MR) is 94.9 cm³/mol. The number of aliphatic hydroxyl groups excluding tert-OH is 3. The number of carbonyl (C=O) groups excluding carboxylic acids is 1. The molecule has 9 heteroatoms. The summed E-state index contributed by atoms with van der Waals surface area (Å²) < 4.78 is 13.1. The Hall–Kier alpha value is -2.59. The van der Waals surface area contributed by atoms with Gasteiger partial charge >= 0.3 is 5.91 Å². The molecule has 0 aliphatic carbocycles. The van der Waals surface area contributed by atoms with E-state index in [4.69, 9.17) is 0 Å². The molecule has 2 aromatic rings. The van der Waals surface area contributed by atoms with Gasteiger partial charge in [0.25, 0.3) is 0 Å². The van der Waals surface area contributed by atoms with E-state index in [0.717, 1.165) is 0 Å². The number of nitrogens with one attached hydrogen (secondary N) is 1. The monoisotopic (exact) mass is 380 g/mol. The molecule has 1 aromatic carbocycles. The van der Waals surface area contributed by atoms with E-state index in [0.29, 0.717) is 11.1 Å². The molecule has 0 fully saturated rings. The van der Waals surface area contributed by atoms with Crippen LogP contribution < -0.4 is 5.43 Å². The van der Waals surface area contributed by atoms with E-state index in [1.54, 1.807) is 6.07 Å². The minimum atomic E-state index is -0.728. The first kappa shape index (κ1) is 20.7. The molecule has 0 radical (unpaired) electrons. The molecule has 0 saturated heterocycles. The fraction of sp³-hybridized carbons (Fsp3) is 0.333. The highest BCUT2D eigenvalue weighted by Gasteiger charge is 2.31. The Morgan fingerprint density at radius 2 is 1.67 bits per heavy atom. The van der Waals surface area contributed by atoms with Crippen LogP contribution in [0.25, 0.3) is 11.1 Å². The molecule has 5 N–H and O–H groups in total. The molecule has 8 nitrogen and oxygen atoms in total. The Morgan fingerprint density at radius 3 is 2.19 bits per heavy atom. The van der Waals surface area contributed by atoms with E-state index in [1.165, 1.54) is 30.5 Å². The molecule has 0 bridgehead atoms. The largest absolute Gasteiger partial charge is 0.505 e. The van der Waals surface area contributed by atoms with Gasteiger partial charge in [0.15, 0.2) is 5.69 Å². The number of aromatic hydroxyl groups is 1. The summed E-state index contributed by atoms with van der Waals surface area (Å²) >= 11 is 0. The van der Waals surface area contributed by atoms with Gasteiger partial charge in [-0.25, -0.2) is 14.0 Å². The van der Waals surface area contributed by atoms with E-state index in [2.05, 4.69) is 10.4 Å². The average molecular weight is 380 g/mol. The van der Waals surface area contributed by atoms with Crippen molar-refractivity contribution in [1.82, 2.24) is 10.4 Å². The molecule has 0 aliphatic rings. The highest BCUT2D eigenvalue weighted by atomic mass is 19.1. The summed E-state index contributed by atoms with van der Waals surface area (Å²) in [6.45, 7) is -0.645. The summed E-state index contributed by atoms with van der Waals surface area (Å²) in [5.74, 6) is -1.56. The number of aliphatic hydroxyl groups is 3. The molecule has 0 saturated carbocycles. The number of nitrogens with zero attached hydrogens (tertiary/aromatic N) is 2. The van der Waals surface area contributed by atoms with Crippen LogP contribution in [0, 0.1) is 5.82 Å². The molecule has 1 amide bonds. The molecular formula is C18H23FN3O5+. The normalized spacial score (nSPS) is 11.4. The Balaban J connectivity index is 2.27. The highest BCUT2D eigenvalue weighted by Crippen LogP contribution is 2.25. The molecular weight excluding hydrogens is 357 g/mol. The van der Waals surface area contributed by atoms with Crippen molar-refractivity contribution in [2.24, 2.45) is 0 Å². The lowest BCUT2D eigenvalue weighted by Gasteiger charge is -2.36. The third kappa shape index (κ3) is 5.20. The first-order chi connectivity index (χ1) is 12.9. The third-order valence-electron chi connectivity index (χ3n) is 4.16. The lowest BCUT2D eigenvalue weighted by atomic mass is 10.1. The number of halogens is 1. The van der Waals surface area contributed by atoms with Crippen LogP contribution in [0.15, 0.2) is 36.5 Å². The number of carbonyl (C=O) groups is 1. The number of quaternary nitrogens is 1.